The molecule has 0 N–H and O–H groups in total. The molecule has 3 heterocycles. The third-order valence-corrected chi connectivity index (χ3v) is 3.80. The van der Waals surface area contributed by atoms with Crippen LogP contribution in [0.5, 0.6) is 0 Å². The number of carbonyl (C=O) groups excluding carboxylic acids is 1. The number of likely N-dealkylation sites (N-methyl/N-ethyl adjacent to an activating group) is 1. The number of amides is 1. The van der Waals surface area contributed by atoms with E-state index in [4.69, 9.17) is 4.52 Å². The quantitative estimate of drug-likeness (QED) is 0.703. The van der Waals surface area contributed by atoms with E-state index in [0.29, 0.717) is 17.8 Å². The van der Waals surface area contributed by atoms with Gasteiger partial charge in [0.15, 0.2) is 0 Å². The second kappa shape index (κ2) is 6.31. The second-order valence-corrected chi connectivity index (χ2v) is 6.02. The highest BCUT2D eigenvalue weighted by Crippen LogP contribution is 2.15. The van der Waals surface area contributed by atoms with Gasteiger partial charge < -0.3 is 13.8 Å². The maximum absolute atomic E-state index is 12.3. The predicted molar refractivity (Wildman–Crippen MR) is 86.5 cm³/mol. The third kappa shape index (κ3) is 3.08. The van der Waals surface area contributed by atoms with Crippen molar-refractivity contribution in [1.82, 2.24) is 24.2 Å². The molecule has 0 unspecified atom stereocenters. The van der Waals surface area contributed by atoms with E-state index in [1.807, 2.05) is 19.9 Å². The molecule has 0 fully saturated rings. The summed E-state index contributed by atoms with van der Waals surface area (Å²) in [5.41, 5.74) is 0.864. The van der Waals surface area contributed by atoms with Crippen LogP contribution in [0.3, 0.4) is 0 Å². The zero-order valence-electron chi connectivity index (χ0n) is 13.8. The van der Waals surface area contributed by atoms with Crippen LogP contribution in [-0.4, -0.2) is 37.2 Å². The number of hydrogen-bond donors (Lipinski definition) is 0. The van der Waals surface area contributed by atoms with E-state index in [2.05, 4.69) is 10.3 Å². The Bertz CT molecular complexity index is 921. The van der Waals surface area contributed by atoms with Crippen LogP contribution in [0.2, 0.25) is 0 Å². The van der Waals surface area contributed by atoms with E-state index < -0.39 is 0 Å². The van der Waals surface area contributed by atoms with Gasteiger partial charge in [0.05, 0.1) is 6.54 Å². The van der Waals surface area contributed by atoms with E-state index in [-0.39, 0.29) is 23.9 Å². The summed E-state index contributed by atoms with van der Waals surface area (Å²) in [5.74, 6) is 0.792. The zero-order chi connectivity index (χ0) is 17.3. The number of hydrogen-bond acceptors (Lipinski definition) is 5. The maximum atomic E-state index is 12.3. The molecule has 0 spiro atoms. The van der Waals surface area contributed by atoms with Crippen molar-refractivity contribution in [2.75, 3.05) is 7.05 Å². The van der Waals surface area contributed by atoms with Crippen molar-refractivity contribution in [2.45, 2.75) is 32.9 Å². The van der Waals surface area contributed by atoms with E-state index >= 15 is 0 Å². The molecule has 0 aliphatic carbocycles. The number of rotatable bonds is 5. The fourth-order valence-electron chi connectivity index (χ4n) is 2.35. The largest absolute Gasteiger partial charge is 0.361 e. The Morgan fingerprint density at radius 1 is 1.42 bits per heavy atom. The van der Waals surface area contributed by atoms with Crippen molar-refractivity contribution in [3.8, 4) is 0 Å². The lowest BCUT2D eigenvalue weighted by Crippen LogP contribution is -2.35. The van der Waals surface area contributed by atoms with Crippen molar-refractivity contribution >= 4 is 11.4 Å². The van der Waals surface area contributed by atoms with Crippen LogP contribution in [0.4, 0.5) is 0 Å². The number of aromatic nitrogens is 4. The minimum atomic E-state index is -0.298. The van der Waals surface area contributed by atoms with Gasteiger partial charge in [-0.05, 0) is 12.1 Å². The van der Waals surface area contributed by atoms with Gasteiger partial charge in [0, 0.05) is 25.2 Å². The summed E-state index contributed by atoms with van der Waals surface area (Å²) < 4.78 is 8.01. The second-order valence-electron chi connectivity index (χ2n) is 6.02. The van der Waals surface area contributed by atoms with Crippen LogP contribution < -0.4 is 5.56 Å². The van der Waals surface area contributed by atoms with E-state index in [1.54, 1.807) is 29.8 Å². The smallest absolute Gasteiger partial charge is 0.291 e. The molecular weight excluding hydrogens is 310 g/mol. The Kier molecular flexibility index (Phi) is 4.20. The topological polar surface area (TPSA) is 85.6 Å². The molecule has 0 bridgehead atoms. The van der Waals surface area contributed by atoms with Gasteiger partial charge in [0.1, 0.15) is 29.8 Å². The molecular formula is C16H19N5O3. The molecule has 3 rings (SSSR count). The maximum Gasteiger partial charge on any atom is 0.291 e. The van der Waals surface area contributed by atoms with Crippen LogP contribution in [0.1, 0.15) is 31.2 Å². The molecule has 0 radical (unpaired) electrons. The first-order chi connectivity index (χ1) is 11.5. The number of carbonyl (C=O) groups is 1. The molecule has 0 saturated heterocycles. The van der Waals surface area contributed by atoms with Crippen LogP contribution >= 0.6 is 0 Å². The summed E-state index contributed by atoms with van der Waals surface area (Å²) in [7, 11) is 1.66. The average Bonchev–Trinajstić information content (AvgIpc) is 3.19. The van der Waals surface area contributed by atoms with Crippen LogP contribution in [0.15, 0.2) is 40.0 Å². The monoisotopic (exact) mass is 329 g/mol. The van der Waals surface area contributed by atoms with Gasteiger partial charge >= 0.3 is 0 Å². The van der Waals surface area contributed by atoms with Crippen LogP contribution in [-0.2, 0) is 17.9 Å². The Hall–Kier alpha value is -2.90. The molecule has 0 saturated carbocycles. The van der Waals surface area contributed by atoms with E-state index in [0.717, 1.165) is 10.4 Å². The summed E-state index contributed by atoms with van der Waals surface area (Å²) >= 11 is 0. The molecule has 0 aromatic carbocycles. The molecule has 8 nitrogen and oxygen atoms in total. The van der Waals surface area contributed by atoms with Crippen molar-refractivity contribution in [3.63, 3.8) is 0 Å². The molecule has 126 valence electrons. The molecule has 8 heteroatoms. The standard InChI is InChI=1S/C16H19N5O3/c1-11(2)14-7-12(18-24-14)8-19(3)15(22)9-21-16(23)13-5-4-6-20(13)10-17-21/h4-7,10-11H,8-9H2,1-3H3. The average molecular weight is 329 g/mol. The number of nitrogens with zero attached hydrogens (tertiary/aromatic N) is 5. The molecule has 0 aliphatic rings. The van der Waals surface area contributed by atoms with Crippen molar-refractivity contribution in [2.24, 2.45) is 0 Å². The van der Waals surface area contributed by atoms with Crippen LogP contribution in [0, 0.1) is 0 Å². The van der Waals surface area contributed by atoms with Gasteiger partial charge in [-0.1, -0.05) is 19.0 Å². The molecule has 0 atom stereocenters. The highest BCUT2D eigenvalue weighted by Gasteiger charge is 2.15. The van der Waals surface area contributed by atoms with Crippen molar-refractivity contribution < 1.29 is 9.32 Å². The third-order valence-electron chi connectivity index (χ3n) is 3.80. The Morgan fingerprint density at radius 3 is 2.92 bits per heavy atom. The van der Waals surface area contributed by atoms with Gasteiger partial charge in [0.25, 0.3) is 5.56 Å². The number of fused-ring (bicyclic) bond motifs is 1. The first-order valence-corrected chi connectivity index (χ1v) is 7.68. The predicted octanol–water partition coefficient (Wildman–Crippen LogP) is 1.27. The van der Waals surface area contributed by atoms with E-state index in [9.17, 15) is 9.59 Å². The lowest BCUT2D eigenvalue weighted by Gasteiger charge is -2.15. The fraction of sp³-hybridized carbons (Fsp3) is 0.375. The van der Waals surface area contributed by atoms with E-state index in [1.165, 1.54) is 11.2 Å². The summed E-state index contributed by atoms with van der Waals surface area (Å²) in [6, 6.07) is 5.29. The summed E-state index contributed by atoms with van der Waals surface area (Å²) in [6.45, 7) is 4.22. The SMILES string of the molecule is CC(C)c1cc(CN(C)C(=O)Cn2ncn3cccc3c2=O)no1. The Morgan fingerprint density at radius 2 is 2.21 bits per heavy atom. The molecule has 3 aromatic rings. The first-order valence-electron chi connectivity index (χ1n) is 7.68. The van der Waals surface area contributed by atoms with Gasteiger partial charge in [-0.3, -0.25) is 9.59 Å². The lowest BCUT2D eigenvalue weighted by atomic mass is 10.1. The molecule has 3 aromatic heterocycles. The lowest BCUT2D eigenvalue weighted by molar-refractivity contribution is -0.131. The van der Waals surface area contributed by atoms with Gasteiger partial charge in [-0.2, -0.15) is 5.10 Å². The minimum Gasteiger partial charge on any atom is -0.361 e. The minimum absolute atomic E-state index is 0.119. The van der Waals surface area contributed by atoms with Crippen molar-refractivity contribution in [1.29, 1.82) is 0 Å². The summed E-state index contributed by atoms with van der Waals surface area (Å²) in [6.07, 6.45) is 3.25. The summed E-state index contributed by atoms with van der Waals surface area (Å²) in [4.78, 5) is 26.1. The molecule has 24 heavy (non-hydrogen) atoms. The van der Waals surface area contributed by atoms with Gasteiger partial charge in [0.2, 0.25) is 5.91 Å². The normalized spacial score (nSPS) is 11.3. The molecule has 1 amide bonds. The highest BCUT2D eigenvalue weighted by molar-refractivity contribution is 5.75. The fourth-order valence-corrected chi connectivity index (χ4v) is 2.35. The first kappa shape index (κ1) is 16.0. The Balaban J connectivity index is 1.70. The van der Waals surface area contributed by atoms with Crippen molar-refractivity contribution in [3.05, 3.63) is 52.5 Å². The van der Waals surface area contributed by atoms with Crippen LogP contribution in [0.25, 0.3) is 5.52 Å². The zero-order valence-corrected chi connectivity index (χ0v) is 13.8. The van der Waals surface area contributed by atoms with Gasteiger partial charge in [-0.15, -0.1) is 0 Å². The Labute approximate surface area is 138 Å². The molecule has 0 aliphatic heterocycles. The highest BCUT2D eigenvalue weighted by atomic mass is 16.5. The summed E-state index contributed by atoms with van der Waals surface area (Å²) in [5, 5.41) is 7.98. The van der Waals surface area contributed by atoms with Gasteiger partial charge in [-0.25, -0.2) is 4.68 Å².